The number of likely N-dealkylation sites (tertiary alicyclic amines) is 1. The molecule has 0 bridgehead atoms. The maximum Gasteiger partial charge on any atom is 0.0608 e. The predicted octanol–water partition coefficient (Wildman–Crippen LogP) is 2.43. The number of nitrogens with zero attached hydrogens (tertiary/aromatic N) is 1. The molecule has 0 unspecified atom stereocenters. The Labute approximate surface area is 87.6 Å². The van der Waals surface area contributed by atoms with Gasteiger partial charge in [0.05, 0.1) is 12.2 Å². The normalized spacial score (nSPS) is 34.5. The molecule has 0 atom stereocenters. The lowest BCUT2D eigenvalue weighted by Gasteiger charge is -2.44. The molecule has 0 amide bonds. The van der Waals surface area contributed by atoms with Crippen molar-refractivity contribution in [2.45, 2.75) is 64.2 Å². The molecule has 2 heteroatoms. The zero-order valence-corrected chi connectivity index (χ0v) is 9.54. The first-order chi connectivity index (χ1) is 6.75. The van der Waals surface area contributed by atoms with E-state index in [0.29, 0.717) is 12.2 Å². The van der Waals surface area contributed by atoms with Crippen molar-refractivity contribution in [3.05, 3.63) is 0 Å². The monoisotopic (exact) mass is 197 g/mol. The van der Waals surface area contributed by atoms with Crippen LogP contribution in [0.1, 0.15) is 46.0 Å². The van der Waals surface area contributed by atoms with Gasteiger partial charge >= 0.3 is 0 Å². The minimum absolute atomic E-state index is 0.405. The van der Waals surface area contributed by atoms with Crippen molar-refractivity contribution < 1.29 is 4.74 Å². The molecular weight excluding hydrogens is 174 g/mol. The van der Waals surface area contributed by atoms with Crippen LogP contribution < -0.4 is 0 Å². The Morgan fingerprint density at radius 2 is 1.71 bits per heavy atom. The van der Waals surface area contributed by atoms with E-state index in [1.165, 1.54) is 45.2 Å². The van der Waals surface area contributed by atoms with Crippen molar-refractivity contribution in [1.82, 2.24) is 4.90 Å². The number of hydrogen-bond donors (Lipinski definition) is 0. The van der Waals surface area contributed by atoms with Crippen LogP contribution in [-0.2, 0) is 4.74 Å². The molecule has 0 N–H and O–H groups in total. The van der Waals surface area contributed by atoms with Crippen molar-refractivity contribution in [3.8, 4) is 0 Å². The van der Waals surface area contributed by atoms with Gasteiger partial charge in [0.1, 0.15) is 0 Å². The average molecular weight is 197 g/mol. The molecule has 1 aliphatic carbocycles. The fraction of sp³-hybridized carbons (Fsp3) is 1.00. The second kappa shape index (κ2) is 4.63. The highest BCUT2D eigenvalue weighted by atomic mass is 16.5. The van der Waals surface area contributed by atoms with Gasteiger partial charge in [-0.15, -0.1) is 0 Å². The van der Waals surface area contributed by atoms with Crippen LogP contribution in [0.5, 0.6) is 0 Å². The predicted molar refractivity (Wildman–Crippen MR) is 58.5 cm³/mol. The molecule has 0 aromatic rings. The fourth-order valence-corrected chi connectivity index (χ4v) is 2.62. The summed E-state index contributed by atoms with van der Waals surface area (Å²) in [6.07, 6.45) is 7.77. The first-order valence-electron chi connectivity index (χ1n) is 6.15. The van der Waals surface area contributed by atoms with E-state index in [1.807, 2.05) is 0 Å². The van der Waals surface area contributed by atoms with Crippen LogP contribution in [0.25, 0.3) is 0 Å². The Morgan fingerprint density at radius 3 is 2.29 bits per heavy atom. The molecule has 0 aromatic carbocycles. The molecule has 0 radical (unpaired) electrons. The lowest BCUT2D eigenvalue weighted by Crippen LogP contribution is -2.50. The number of rotatable bonds is 3. The van der Waals surface area contributed by atoms with Gasteiger partial charge in [-0.05, 0) is 52.6 Å². The lowest BCUT2D eigenvalue weighted by molar-refractivity contribution is -0.0793. The highest BCUT2D eigenvalue weighted by Crippen LogP contribution is 2.30. The number of piperidine rings is 1. The van der Waals surface area contributed by atoms with Gasteiger partial charge in [-0.3, -0.25) is 0 Å². The summed E-state index contributed by atoms with van der Waals surface area (Å²) in [5, 5.41) is 0. The van der Waals surface area contributed by atoms with Crippen LogP contribution >= 0.6 is 0 Å². The van der Waals surface area contributed by atoms with E-state index >= 15 is 0 Å². The zero-order chi connectivity index (χ0) is 9.97. The van der Waals surface area contributed by atoms with Crippen LogP contribution in [0.4, 0.5) is 0 Å². The van der Waals surface area contributed by atoms with Gasteiger partial charge in [0.25, 0.3) is 0 Å². The van der Waals surface area contributed by atoms with E-state index in [-0.39, 0.29) is 0 Å². The Kier molecular flexibility index (Phi) is 3.45. The van der Waals surface area contributed by atoms with Crippen LogP contribution in [0.15, 0.2) is 0 Å². The van der Waals surface area contributed by atoms with Gasteiger partial charge in [0.2, 0.25) is 0 Å². The largest absolute Gasteiger partial charge is 0.375 e. The molecule has 14 heavy (non-hydrogen) atoms. The molecule has 82 valence electrons. The summed E-state index contributed by atoms with van der Waals surface area (Å²) in [6.45, 7) is 6.93. The van der Waals surface area contributed by atoms with Crippen LogP contribution in [-0.4, -0.2) is 36.2 Å². The topological polar surface area (TPSA) is 12.5 Å². The van der Waals surface area contributed by atoms with Crippen molar-refractivity contribution in [1.29, 1.82) is 0 Å². The minimum Gasteiger partial charge on any atom is -0.375 e. The lowest BCUT2D eigenvalue weighted by atomic mass is 9.86. The summed E-state index contributed by atoms with van der Waals surface area (Å²) in [5.74, 6) is 0. The standard InChI is InChI=1S/C12H23NO/c1-10(2)14-12-8-11(9-12)13-6-4-3-5-7-13/h10-12H,3-9H2,1-2H3. The first-order valence-corrected chi connectivity index (χ1v) is 6.15. The molecule has 1 saturated heterocycles. The van der Waals surface area contributed by atoms with E-state index in [4.69, 9.17) is 4.74 Å². The van der Waals surface area contributed by atoms with Gasteiger partial charge in [0, 0.05) is 6.04 Å². The van der Waals surface area contributed by atoms with Crippen molar-refractivity contribution in [2.24, 2.45) is 0 Å². The summed E-state index contributed by atoms with van der Waals surface area (Å²) in [5.41, 5.74) is 0. The van der Waals surface area contributed by atoms with E-state index in [2.05, 4.69) is 18.7 Å². The smallest absolute Gasteiger partial charge is 0.0608 e. The van der Waals surface area contributed by atoms with Gasteiger partial charge < -0.3 is 9.64 Å². The minimum atomic E-state index is 0.405. The van der Waals surface area contributed by atoms with Gasteiger partial charge in [-0.2, -0.15) is 0 Å². The quantitative estimate of drug-likeness (QED) is 0.689. The van der Waals surface area contributed by atoms with Crippen LogP contribution in [0, 0.1) is 0 Å². The maximum absolute atomic E-state index is 5.78. The summed E-state index contributed by atoms with van der Waals surface area (Å²) in [7, 11) is 0. The second-order valence-electron chi connectivity index (χ2n) is 5.03. The molecule has 1 saturated carbocycles. The highest BCUT2D eigenvalue weighted by Gasteiger charge is 2.34. The molecule has 2 rings (SSSR count). The fourth-order valence-electron chi connectivity index (χ4n) is 2.62. The van der Waals surface area contributed by atoms with Gasteiger partial charge in [0.15, 0.2) is 0 Å². The summed E-state index contributed by atoms with van der Waals surface area (Å²) in [4.78, 5) is 2.67. The molecule has 0 aromatic heterocycles. The molecule has 2 nitrogen and oxygen atoms in total. The van der Waals surface area contributed by atoms with Crippen molar-refractivity contribution in [2.75, 3.05) is 13.1 Å². The molecule has 1 aliphatic heterocycles. The molecular formula is C12H23NO. The van der Waals surface area contributed by atoms with Gasteiger partial charge in [-0.25, -0.2) is 0 Å². The maximum atomic E-state index is 5.78. The van der Waals surface area contributed by atoms with E-state index < -0.39 is 0 Å². The summed E-state index contributed by atoms with van der Waals surface area (Å²) < 4.78 is 5.78. The average Bonchev–Trinajstić information content (AvgIpc) is 2.12. The summed E-state index contributed by atoms with van der Waals surface area (Å²) >= 11 is 0. The zero-order valence-electron chi connectivity index (χ0n) is 9.54. The molecule has 2 fully saturated rings. The highest BCUT2D eigenvalue weighted by molar-refractivity contribution is 4.89. The molecule has 1 heterocycles. The van der Waals surface area contributed by atoms with Crippen LogP contribution in [0.3, 0.4) is 0 Å². The third-order valence-electron chi connectivity index (χ3n) is 3.44. The second-order valence-corrected chi connectivity index (χ2v) is 5.03. The first kappa shape index (κ1) is 10.4. The van der Waals surface area contributed by atoms with Gasteiger partial charge in [-0.1, -0.05) is 6.42 Å². The summed E-state index contributed by atoms with van der Waals surface area (Å²) in [6, 6.07) is 0.846. The van der Waals surface area contributed by atoms with E-state index in [0.717, 1.165) is 6.04 Å². The van der Waals surface area contributed by atoms with Crippen molar-refractivity contribution >= 4 is 0 Å². The Balaban J connectivity index is 1.66. The Bertz CT molecular complexity index is 169. The third-order valence-corrected chi connectivity index (χ3v) is 3.44. The Morgan fingerprint density at radius 1 is 1.07 bits per heavy atom. The molecule has 0 spiro atoms. The van der Waals surface area contributed by atoms with Crippen LogP contribution in [0.2, 0.25) is 0 Å². The SMILES string of the molecule is CC(C)OC1CC(N2CCCCC2)C1. The van der Waals surface area contributed by atoms with E-state index in [1.54, 1.807) is 0 Å². The van der Waals surface area contributed by atoms with Crippen molar-refractivity contribution in [3.63, 3.8) is 0 Å². The molecule has 2 aliphatic rings. The van der Waals surface area contributed by atoms with E-state index in [9.17, 15) is 0 Å². The number of hydrogen-bond acceptors (Lipinski definition) is 2. The third kappa shape index (κ3) is 2.48. The number of ether oxygens (including phenoxy) is 1. The Hall–Kier alpha value is -0.0800.